The fraction of sp³-hybridized carbons (Fsp3) is 0.310. The molecule has 0 aliphatic heterocycles. The molecule has 2 amide bonds. The van der Waals surface area contributed by atoms with E-state index in [1.54, 1.807) is 28.8 Å². The van der Waals surface area contributed by atoms with Crippen molar-refractivity contribution < 1.29 is 14.0 Å². The number of carbonyl (C=O) groups is 2. The normalized spacial score (nSPS) is 11.8. The molecule has 0 aliphatic carbocycles. The molecule has 0 spiro atoms. The van der Waals surface area contributed by atoms with Gasteiger partial charge in [0.1, 0.15) is 11.9 Å². The molecular weight excluding hydrogens is 459 g/mol. The predicted octanol–water partition coefficient (Wildman–Crippen LogP) is 5.61. The SMILES string of the molecule is CC(C)NC(=O)[C@@H](Cc1ccccc1)N(Cc1ccc(F)cc1)C(=O)CCSCc1ccccc1. The number of carbonyl (C=O) groups excluding carboxylic acids is 2. The highest BCUT2D eigenvalue weighted by molar-refractivity contribution is 7.98. The van der Waals surface area contributed by atoms with Crippen LogP contribution >= 0.6 is 11.8 Å². The van der Waals surface area contributed by atoms with Gasteiger partial charge in [-0.25, -0.2) is 4.39 Å². The summed E-state index contributed by atoms with van der Waals surface area (Å²) in [4.78, 5) is 28.5. The van der Waals surface area contributed by atoms with Crippen LogP contribution in [-0.4, -0.2) is 34.6 Å². The summed E-state index contributed by atoms with van der Waals surface area (Å²) in [5.41, 5.74) is 2.98. The first-order chi connectivity index (χ1) is 16.9. The lowest BCUT2D eigenvalue weighted by Crippen LogP contribution is -2.51. The molecule has 0 aromatic heterocycles. The Morgan fingerprint density at radius 3 is 2.06 bits per heavy atom. The van der Waals surface area contributed by atoms with Gasteiger partial charge in [-0.2, -0.15) is 11.8 Å². The van der Waals surface area contributed by atoms with Gasteiger partial charge in [-0.15, -0.1) is 0 Å². The lowest BCUT2D eigenvalue weighted by Gasteiger charge is -2.32. The van der Waals surface area contributed by atoms with Crippen LogP contribution in [0.1, 0.15) is 37.0 Å². The van der Waals surface area contributed by atoms with Crippen molar-refractivity contribution in [1.29, 1.82) is 0 Å². The van der Waals surface area contributed by atoms with Gasteiger partial charge in [0.15, 0.2) is 0 Å². The third-order valence-corrected chi connectivity index (χ3v) is 6.57. The lowest BCUT2D eigenvalue weighted by atomic mass is 10.0. The molecule has 1 atom stereocenters. The Balaban J connectivity index is 1.78. The highest BCUT2D eigenvalue weighted by Gasteiger charge is 2.30. The van der Waals surface area contributed by atoms with Gasteiger partial charge in [0, 0.05) is 36.9 Å². The van der Waals surface area contributed by atoms with E-state index in [0.29, 0.717) is 18.6 Å². The van der Waals surface area contributed by atoms with E-state index in [1.807, 2.05) is 62.4 Å². The summed E-state index contributed by atoms with van der Waals surface area (Å²) in [5, 5.41) is 2.98. The highest BCUT2D eigenvalue weighted by atomic mass is 32.2. The average molecular weight is 493 g/mol. The van der Waals surface area contributed by atoms with Gasteiger partial charge in [0.2, 0.25) is 11.8 Å². The maximum Gasteiger partial charge on any atom is 0.243 e. The number of nitrogens with one attached hydrogen (secondary N) is 1. The summed E-state index contributed by atoms with van der Waals surface area (Å²) in [6, 6.07) is 25.2. The third-order valence-electron chi connectivity index (χ3n) is 5.54. The zero-order valence-corrected chi connectivity index (χ0v) is 21.1. The van der Waals surface area contributed by atoms with E-state index >= 15 is 0 Å². The molecule has 6 heteroatoms. The second-order valence-corrected chi connectivity index (χ2v) is 9.91. The molecular formula is C29H33FN2O2S. The number of nitrogens with zero attached hydrogens (tertiary/aromatic N) is 1. The summed E-state index contributed by atoms with van der Waals surface area (Å²) in [5.74, 6) is 0.874. The summed E-state index contributed by atoms with van der Waals surface area (Å²) in [6.07, 6.45) is 0.725. The minimum Gasteiger partial charge on any atom is -0.352 e. The molecule has 0 radical (unpaired) electrons. The Kier molecular flexibility index (Phi) is 10.4. The molecule has 0 unspecified atom stereocenters. The number of benzene rings is 3. The van der Waals surface area contributed by atoms with Crippen molar-refractivity contribution >= 4 is 23.6 Å². The minimum absolute atomic E-state index is 0.0509. The first kappa shape index (κ1) is 26.5. The first-order valence-electron chi connectivity index (χ1n) is 11.9. The van der Waals surface area contributed by atoms with Gasteiger partial charge in [-0.1, -0.05) is 72.8 Å². The monoisotopic (exact) mass is 492 g/mol. The highest BCUT2D eigenvalue weighted by Crippen LogP contribution is 2.19. The summed E-state index contributed by atoms with van der Waals surface area (Å²) < 4.78 is 13.5. The fourth-order valence-electron chi connectivity index (χ4n) is 3.79. The van der Waals surface area contributed by atoms with E-state index in [-0.39, 0.29) is 30.2 Å². The molecule has 0 saturated heterocycles. The van der Waals surface area contributed by atoms with E-state index in [0.717, 1.165) is 16.9 Å². The fourth-order valence-corrected chi connectivity index (χ4v) is 4.68. The topological polar surface area (TPSA) is 49.4 Å². The minimum atomic E-state index is -0.670. The van der Waals surface area contributed by atoms with Crippen LogP contribution in [0.15, 0.2) is 84.9 Å². The zero-order valence-electron chi connectivity index (χ0n) is 20.3. The van der Waals surface area contributed by atoms with Crippen molar-refractivity contribution in [3.63, 3.8) is 0 Å². The van der Waals surface area contributed by atoms with Crippen molar-refractivity contribution in [2.75, 3.05) is 5.75 Å². The largest absolute Gasteiger partial charge is 0.352 e. The Morgan fingerprint density at radius 1 is 0.857 bits per heavy atom. The molecule has 4 nitrogen and oxygen atoms in total. The smallest absolute Gasteiger partial charge is 0.243 e. The molecule has 3 rings (SSSR count). The van der Waals surface area contributed by atoms with Crippen LogP contribution in [0.5, 0.6) is 0 Å². The van der Waals surface area contributed by atoms with Crippen LogP contribution < -0.4 is 5.32 Å². The summed E-state index contributed by atoms with van der Waals surface area (Å²) in [6.45, 7) is 4.05. The molecule has 0 aliphatic rings. The summed E-state index contributed by atoms with van der Waals surface area (Å²) in [7, 11) is 0. The van der Waals surface area contributed by atoms with Crippen molar-refractivity contribution in [2.45, 2.75) is 51.1 Å². The number of thioether (sulfide) groups is 1. The van der Waals surface area contributed by atoms with Crippen molar-refractivity contribution in [2.24, 2.45) is 0 Å². The Morgan fingerprint density at radius 2 is 1.46 bits per heavy atom. The number of rotatable bonds is 12. The Labute approximate surface area is 211 Å². The molecule has 184 valence electrons. The predicted molar refractivity (Wildman–Crippen MR) is 141 cm³/mol. The molecule has 0 heterocycles. The standard InChI is InChI=1S/C29H33FN2O2S/c1-22(2)31-29(34)27(19-23-9-5-3-6-10-23)32(20-24-13-15-26(30)16-14-24)28(33)17-18-35-21-25-11-7-4-8-12-25/h3-16,22,27H,17-21H2,1-2H3,(H,31,34)/t27-/m1/s1. The molecule has 35 heavy (non-hydrogen) atoms. The molecule has 3 aromatic carbocycles. The first-order valence-corrected chi connectivity index (χ1v) is 13.1. The Bertz CT molecular complexity index is 1060. The van der Waals surface area contributed by atoms with Crippen LogP contribution in [0.25, 0.3) is 0 Å². The van der Waals surface area contributed by atoms with Crippen molar-refractivity contribution in [1.82, 2.24) is 10.2 Å². The second kappa shape index (κ2) is 13.7. The van der Waals surface area contributed by atoms with Crippen LogP contribution in [0.3, 0.4) is 0 Å². The molecule has 3 aromatic rings. The lowest BCUT2D eigenvalue weighted by molar-refractivity contribution is -0.141. The summed E-state index contributed by atoms with van der Waals surface area (Å²) >= 11 is 1.70. The van der Waals surface area contributed by atoms with Crippen LogP contribution in [0.4, 0.5) is 4.39 Å². The molecule has 0 saturated carbocycles. The van der Waals surface area contributed by atoms with Gasteiger partial charge in [0.25, 0.3) is 0 Å². The molecule has 0 fully saturated rings. The van der Waals surface area contributed by atoms with E-state index in [2.05, 4.69) is 17.4 Å². The number of hydrogen-bond donors (Lipinski definition) is 1. The third kappa shape index (κ3) is 8.87. The van der Waals surface area contributed by atoms with Crippen molar-refractivity contribution in [3.8, 4) is 0 Å². The number of halogens is 1. The van der Waals surface area contributed by atoms with E-state index < -0.39 is 6.04 Å². The van der Waals surface area contributed by atoms with Crippen LogP contribution in [-0.2, 0) is 28.3 Å². The van der Waals surface area contributed by atoms with Gasteiger partial charge in [0.05, 0.1) is 0 Å². The van der Waals surface area contributed by atoms with E-state index in [9.17, 15) is 14.0 Å². The van der Waals surface area contributed by atoms with Crippen LogP contribution in [0, 0.1) is 5.82 Å². The second-order valence-electron chi connectivity index (χ2n) is 8.81. The zero-order chi connectivity index (χ0) is 25.0. The van der Waals surface area contributed by atoms with Gasteiger partial charge >= 0.3 is 0 Å². The number of hydrogen-bond acceptors (Lipinski definition) is 3. The maximum atomic E-state index is 13.5. The Hall–Kier alpha value is -3.12. The number of amides is 2. The van der Waals surface area contributed by atoms with Gasteiger partial charge in [-0.3, -0.25) is 9.59 Å². The maximum absolute atomic E-state index is 13.5. The molecule has 1 N–H and O–H groups in total. The van der Waals surface area contributed by atoms with Gasteiger partial charge < -0.3 is 10.2 Å². The van der Waals surface area contributed by atoms with E-state index in [4.69, 9.17) is 0 Å². The average Bonchev–Trinajstić information content (AvgIpc) is 2.86. The van der Waals surface area contributed by atoms with Crippen molar-refractivity contribution in [3.05, 3.63) is 107 Å². The van der Waals surface area contributed by atoms with E-state index in [1.165, 1.54) is 17.7 Å². The van der Waals surface area contributed by atoms with Gasteiger partial charge in [-0.05, 0) is 42.7 Å². The van der Waals surface area contributed by atoms with Crippen LogP contribution in [0.2, 0.25) is 0 Å². The molecule has 0 bridgehead atoms. The quantitative estimate of drug-likeness (QED) is 0.334.